The first-order valence-electron chi connectivity index (χ1n) is 5.76. The van der Waals surface area contributed by atoms with Crippen LogP contribution in [0.1, 0.15) is 5.56 Å². The first-order chi connectivity index (χ1) is 9.08. The number of pyridine rings is 1. The van der Waals surface area contributed by atoms with E-state index in [-0.39, 0.29) is 6.42 Å². The Labute approximate surface area is 115 Å². The highest BCUT2D eigenvalue weighted by atomic mass is 35.5. The summed E-state index contributed by atoms with van der Waals surface area (Å²) in [4.78, 5) is 15.1. The molecule has 1 aromatic carbocycles. The monoisotopic (exact) mass is 276 g/mol. The minimum Gasteiger partial charge on any atom is -0.480 e. The molecule has 0 fully saturated rings. The first kappa shape index (κ1) is 13.5. The van der Waals surface area contributed by atoms with E-state index in [4.69, 9.17) is 22.4 Å². The van der Waals surface area contributed by atoms with Crippen molar-refractivity contribution in [2.24, 2.45) is 5.73 Å². The topological polar surface area (TPSA) is 76.2 Å². The average molecular weight is 277 g/mol. The Morgan fingerprint density at radius 1 is 1.37 bits per heavy atom. The summed E-state index contributed by atoms with van der Waals surface area (Å²) >= 11 is 5.96. The fourth-order valence-electron chi connectivity index (χ4n) is 1.83. The van der Waals surface area contributed by atoms with Crippen LogP contribution in [0, 0.1) is 0 Å². The maximum absolute atomic E-state index is 10.9. The van der Waals surface area contributed by atoms with Gasteiger partial charge in [-0.1, -0.05) is 23.7 Å². The number of halogens is 1. The van der Waals surface area contributed by atoms with Gasteiger partial charge in [-0.2, -0.15) is 0 Å². The molecule has 19 heavy (non-hydrogen) atoms. The van der Waals surface area contributed by atoms with Gasteiger partial charge >= 0.3 is 5.97 Å². The van der Waals surface area contributed by atoms with Crippen LogP contribution in [0.2, 0.25) is 5.02 Å². The number of aromatic nitrogens is 1. The summed E-state index contributed by atoms with van der Waals surface area (Å²) in [6, 6.07) is 9.91. The Balaban J connectivity index is 2.41. The number of nitrogens with two attached hydrogens (primary N) is 1. The predicted molar refractivity (Wildman–Crippen MR) is 74.0 cm³/mol. The van der Waals surface area contributed by atoms with Gasteiger partial charge in [-0.15, -0.1) is 0 Å². The van der Waals surface area contributed by atoms with Crippen LogP contribution < -0.4 is 5.73 Å². The zero-order valence-corrected chi connectivity index (χ0v) is 10.8. The van der Waals surface area contributed by atoms with Crippen LogP contribution in [-0.4, -0.2) is 22.1 Å². The van der Waals surface area contributed by atoms with Crippen molar-refractivity contribution in [3.8, 4) is 11.3 Å². The van der Waals surface area contributed by atoms with Crippen LogP contribution in [-0.2, 0) is 11.2 Å². The highest BCUT2D eigenvalue weighted by Crippen LogP contribution is 2.25. The quantitative estimate of drug-likeness (QED) is 0.899. The number of aliphatic carboxylic acids is 1. The molecule has 0 aliphatic carbocycles. The SMILES string of the molecule is N[C@@H](Cc1cc(Cl)ccc1-c1ccccn1)C(=O)O. The molecule has 1 heterocycles. The summed E-state index contributed by atoms with van der Waals surface area (Å²) in [5, 5.41) is 9.45. The lowest BCUT2D eigenvalue weighted by Crippen LogP contribution is -2.32. The Morgan fingerprint density at radius 2 is 2.16 bits per heavy atom. The standard InChI is InChI=1S/C14H13ClN2O2/c15-10-4-5-11(13-3-1-2-6-17-13)9(7-10)8-12(16)14(18)19/h1-7,12H,8,16H2,(H,18,19)/t12-/m0/s1. The molecule has 1 atom stereocenters. The van der Waals surface area contributed by atoms with Gasteiger partial charge in [0.2, 0.25) is 0 Å². The van der Waals surface area contributed by atoms with Gasteiger partial charge in [0, 0.05) is 16.8 Å². The largest absolute Gasteiger partial charge is 0.480 e. The number of carboxylic acids is 1. The summed E-state index contributed by atoms with van der Waals surface area (Å²) in [6.07, 6.45) is 1.90. The van der Waals surface area contributed by atoms with Gasteiger partial charge in [-0.05, 0) is 36.2 Å². The summed E-state index contributed by atoms with van der Waals surface area (Å²) < 4.78 is 0. The van der Waals surface area contributed by atoms with Crippen molar-refractivity contribution >= 4 is 17.6 Å². The third kappa shape index (κ3) is 3.30. The molecule has 2 rings (SSSR count). The molecule has 2 aromatic rings. The number of hydrogen-bond donors (Lipinski definition) is 2. The van der Waals surface area contributed by atoms with Gasteiger partial charge in [-0.25, -0.2) is 0 Å². The number of benzene rings is 1. The van der Waals surface area contributed by atoms with Crippen molar-refractivity contribution in [1.29, 1.82) is 0 Å². The Bertz CT molecular complexity index is 587. The van der Waals surface area contributed by atoms with Crippen LogP contribution in [0.25, 0.3) is 11.3 Å². The van der Waals surface area contributed by atoms with Gasteiger partial charge in [0.1, 0.15) is 6.04 Å². The molecule has 3 N–H and O–H groups in total. The van der Waals surface area contributed by atoms with Crippen molar-refractivity contribution in [1.82, 2.24) is 4.98 Å². The van der Waals surface area contributed by atoms with E-state index in [1.807, 2.05) is 24.3 Å². The maximum Gasteiger partial charge on any atom is 0.320 e. The lowest BCUT2D eigenvalue weighted by molar-refractivity contribution is -0.138. The molecule has 0 bridgehead atoms. The molecular weight excluding hydrogens is 264 g/mol. The molecular formula is C14H13ClN2O2. The van der Waals surface area contributed by atoms with E-state index < -0.39 is 12.0 Å². The molecule has 0 radical (unpaired) electrons. The minimum atomic E-state index is -1.04. The van der Waals surface area contributed by atoms with E-state index in [2.05, 4.69) is 4.98 Å². The fraction of sp³-hybridized carbons (Fsp3) is 0.143. The number of carboxylic acid groups (broad SMARTS) is 1. The zero-order chi connectivity index (χ0) is 13.8. The lowest BCUT2D eigenvalue weighted by atomic mass is 9.98. The van der Waals surface area contributed by atoms with Crippen LogP contribution in [0.4, 0.5) is 0 Å². The van der Waals surface area contributed by atoms with Crippen molar-refractivity contribution in [3.63, 3.8) is 0 Å². The number of hydrogen-bond acceptors (Lipinski definition) is 3. The maximum atomic E-state index is 10.9. The molecule has 0 aliphatic heterocycles. The smallest absolute Gasteiger partial charge is 0.320 e. The lowest BCUT2D eigenvalue weighted by Gasteiger charge is -2.12. The second kappa shape index (κ2) is 5.82. The molecule has 98 valence electrons. The van der Waals surface area contributed by atoms with Crippen LogP contribution in [0.15, 0.2) is 42.6 Å². The van der Waals surface area contributed by atoms with E-state index in [9.17, 15) is 4.79 Å². The fourth-order valence-corrected chi connectivity index (χ4v) is 2.02. The van der Waals surface area contributed by atoms with Gasteiger partial charge in [0.25, 0.3) is 0 Å². The Hall–Kier alpha value is -1.91. The molecule has 1 aromatic heterocycles. The molecule has 0 saturated heterocycles. The van der Waals surface area contributed by atoms with Gasteiger partial charge < -0.3 is 10.8 Å². The molecule has 0 saturated carbocycles. The second-order valence-corrected chi connectivity index (χ2v) is 4.60. The summed E-state index contributed by atoms with van der Waals surface area (Å²) in [5.74, 6) is -1.04. The molecule has 0 aliphatic rings. The van der Waals surface area contributed by atoms with E-state index in [0.29, 0.717) is 5.02 Å². The molecule has 4 nitrogen and oxygen atoms in total. The first-order valence-corrected chi connectivity index (χ1v) is 6.14. The van der Waals surface area contributed by atoms with Crippen LogP contribution >= 0.6 is 11.6 Å². The van der Waals surface area contributed by atoms with E-state index >= 15 is 0 Å². The van der Waals surface area contributed by atoms with Crippen molar-refractivity contribution in [2.45, 2.75) is 12.5 Å². The summed E-state index contributed by atoms with van der Waals surface area (Å²) in [7, 11) is 0. The highest BCUT2D eigenvalue weighted by Gasteiger charge is 2.16. The average Bonchev–Trinajstić information content (AvgIpc) is 2.39. The van der Waals surface area contributed by atoms with Gasteiger partial charge in [0.05, 0.1) is 5.69 Å². The third-order valence-electron chi connectivity index (χ3n) is 2.77. The number of carbonyl (C=O) groups is 1. The number of rotatable bonds is 4. The second-order valence-electron chi connectivity index (χ2n) is 4.17. The van der Waals surface area contributed by atoms with Crippen molar-refractivity contribution in [2.75, 3.05) is 0 Å². The van der Waals surface area contributed by atoms with E-state index in [1.165, 1.54) is 0 Å². The van der Waals surface area contributed by atoms with E-state index in [0.717, 1.165) is 16.8 Å². The predicted octanol–water partition coefficient (Wildman–Crippen LogP) is 2.36. The Morgan fingerprint density at radius 3 is 2.79 bits per heavy atom. The summed E-state index contributed by atoms with van der Waals surface area (Å²) in [5.41, 5.74) is 7.98. The Kier molecular flexibility index (Phi) is 4.14. The molecule has 5 heteroatoms. The van der Waals surface area contributed by atoms with Crippen LogP contribution in [0.3, 0.4) is 0 Å². The van der Waals surface area contributed by atoms with Crippen LogP contribution in [0.5, 0.6) is 0 Å². The van der Waals surface area contributed by atoms with Gasteiger partial charge in [0.15, 0.2) is 0 Å². The van der Waals surface area contributed by atoms with Gasteiger partial charge in [-0.3, -0.25) is 9.78 Å². The minimum absolute atomic E-state index is 0.210. The summed E-state index contributed by atoms with van der Waals surface area (Å²) in [6.45, 7) is 0. The third-order valence-corrected chi connectivity index (χ3v) is 3.00. The zero-order valence-electron chi connectivity index (χ0n) is 10.1. The van der Waals surface area contributed by atoms with Crippen molar-refractivity contribution in [3.05, 3.63) is 53.2 Å². The van der Waals surface area contributed by atoms with Crippen molar-refractivity contribution < 1.29 is 9.90 Å². The van der Waals surface area contributed by atoms with E-state index in [1.54, 1.807) is 18.3 Å². The molecule has 0 spiro atoms. The highest BCUT2D eigenvalue weighted by molar-refractivity contribution is 6.30. The normalized spacial score (nSPS) is 12.1. The molecule has 0 unspecified atom stereocenters. The number of nitrogens with zero attached hydrogens (tertiary/aromatic N) is 1. The molecule has 0 amide bonds.